The van der Waals surface area contributed by atoms with Gasteiger partial charge < -0.3 is 5.32 Å². The normalized spacial score (nSPS) is 11.6. The van der Waals surface area contributed by atoms with Crippen LogP contribution in [0.3, 0.4) is 0 Å². The predicted molar refractivity (Wildman–Crippen MR) is 134 cm³/mol. The van der Waals surface area contributed by atoms with Gasteiger partial charge in [-0.1, -0.05) is 60.7 Å². The van der Waals surface area contributed by atoms with Crippen LogP contribution in [0.5, 0.6) is 0 Å². The number of sulfone groups is 1. The van der Waals surface area contributed by atoms with Crippen molar-refractivity contribution < 1.29 is 8.42 Å². The first-order valence-corrected chi connectivity index (χ1v) is 12.9. The van der Waals surface area contributed by atoms with Crippen molar-refractivity contribution in [1.29, 1.82) is 0 Å². The summed E-state index contributed by atoms with van der Waals surface area (Å²) in [4.78, 5) is 9.08. The largest absolute Gasteiger partial charge is 0.364 e. The van der Waals surface area contributed by atoms with Crippen LogP contribution >= 0.6 is 0 Å². The van der Waals surface area contributed by atoms with Crippen molar-refractivity contribution in [1.82, 2.24) is 19.6 Å². The van der Waals surface area contributed by atoms with Gasteiger partial charge in [-0.25, -0.2) is 17.9 Å². The molecule has 0 radical (unpaired) electrons. The van der Waals surface area contributed by atoms with Crippen LogP contribution in [0.4, 0.5) is 5.82 Å². The Hall–Kier alpha value is -4.04. The van der Waals surface area contributed by atoms with Crippen molar-refractivity contribution >= 4 is 21.2 Å². The second-order valence-electron chi connectivity index (χ2n) is 8.16. The lowest BCUT2D eigenvalue weighted by Crippen LogP contribution is -2.08. The zero-order valence-corrected chi connectivity index (χ0v) is 19.4. The molecule has 0 saturated heterocycles. The van der Waals surface area contributed by atoms with Crippen molar-refractivity contribution in [3.63, 3.8) is 0 Å². The molecule has 0 amide bonds. The Balaban J connectivity index is 1.61. The Morgan fingerprint density at radius 3 is 2.35 bits per heavy atom. The minimum absolute atomic E-state index is 0.0864. The van der Waals surface area contributed by atoms with Crippen LogP contribution in [-0.2, 0) is 22.1 Å². The number of pyridine rings is 1. The third kappa shape index (κ3) is 4.82. The molecule has 0 unspecified atom stereocenters. The third-order valence-corrected chi connectivity index (χ3v) is 6.24. The summed E-state index contributed by atoms with van der Waals surface area (Å²) in [5, 5.41) is 8.20. The number of hydrogen-bond acceptors (Lipinski definition) is 6. The Morgan fingerprint density at radius 1 is 0.882 bits per heavy atom. The van der Waals surface area contributed by atoms with Gasteiger partial charge in [-0.2, -0.15) is 0 Å². The van der Waals surface area contributed by atoms with Gasteiger partial charge in [-0.15, -0.1) is 5.10 Å². The topological polar surface area (TPSA) is 89.2 Å². The highest BCUT2D eigenvalue weighted by Gasteiger charge is 2.16. The van der Waals surface area contributed by atoms with E-state index in [2.05, 4.69) is 34.6 Å². The van der Waals surface area contributed by atoms with Crippen molar-refractivity contribution in [2.75, 3.05) is 11.6 Å². The van der Waals surface area contributed by atoms with Gasteiger partial charge in [0, 0.05) is 42.5 Å². The number of rotatable bonds is 7. The van der Waals surface area contributed by atoms with Crippen molar-refractivity contribution in [2.45, 2.75) is 12.3 Å². The van der Waals surface area contributed by atoms with Crippen LogP contribution in [0, 0.1) is 0 Å². The quantitative estimate of drug-likeness (QED) is 0.374. The Labute approximate surface area is 198 Å². The molecule has 34 heavy (non-hydrogen) atoms. The molecular formula is C26H23N5O2S. The zero-order chi connectivity index (χ0) is 23.5. The average molecular weight is 470 g/mol. The molecule has 5 aromatic rings. The average Bonchev–Trinajstić information content (AvgIpc) is 3.27. The second-order valence-corrected chi connectivity index (χ2v) is 10.3. The second kappa shape index (κ2) is 9.07. The first-order chi connectivity index (χ1) is 16.5. The summed E-state index contributed by atoms with van der Waals surface area (Å²) < 4.78 is 25.3. The highest BCUT2D eigenvalue weighted by molar-refractivity contribution is 7.89. The molecule has 0 aliphatic carbocycles. The number of hydrogen-bond donors (Lipinski definition) is 1. The minimum Gasteiger partial charge on any atom is -0.364 e. The van der Waals surface area contributed by atoms with Gasteiger partial charge in [-0.3, -0.25) is 4.98 Å². The fraction of sp³-hybridized carbons (Fsp3) is 0.115. The molecule has 0 aliphatic heterocycles. The molecule has 1 N–H and O–H groups in total. The summed E-state index contributed by atoms with van der Waals surface area (Å²) in [5.74, 6) is 1.06. The molecule has 2 aromatic carbocycles. The SMILES string of the molecule is CS(=O)(=O)Cc1cncc(-c2nc(NCc3ccccc3)c3c(-c4ccccc4)ccn3n2)c1. The van der Waals surface area contributed by atoms with E-state index in [1.54, 1.807) is 23.0 Å². The van der Waals surface area contributed by atoms with Gasteiger partial charge in [0.25, 0.3) is 0 Å². The Kier molecular flexibility index (Phi) is 5.81. The Bertz CT molecular complexity index is 1550. The van der Waals surface area contributed by atoms with Crippen LogP contribution in [0.1, 0.15) is 11.1 Å². The van der Waals surface area contributed by atoms with E-state index in [1.807, 2.05) is 48.7 Å². The lowest BCUT2D eigenvalue weighted by molar-refractivity contribution is 0.601. The van der Waals surface area contributed by atoms with Crippen LogP contribution in [-0.4, -0.2) is 34.3 Å². The van der Waals surface area contributed by atoms with Gasteiger partial charge in [0.1, 0.15) is 5.52 Å². The summed E-state index contributed by atoms with van der Waals surface area (Å²) in [5.41, 5.74) is 5.34. The maximum atomic E-state index is 11.8. The van der Waals surface area contributed by atoms with E-state index in [1.165, 1.54) is 6.26 Å². The molecule has 8 heteroatoms. The monoisotopic (exact) mass is 469 g/mol. The van der Waals surface area contributed by atoms with Gasteiger partial charge in [0.15, 0.2) is 21.5 Å². The zero-order valence-electron chi connectivity index (χ0n) is 18.6. The number of aromatic nitrogens is 4. The molecule has 0 aliphatic rings. The van der Waals surface area contributed by atoms with E-state index >= 15 is 0 Å². The first-order valence-electron chi connectivity index (χ1n) is 10.8. The van der Waals surface area contributed by atoms with Crippen molar-refractivity contribution in [3.05, 3.63) is 103 Å². The fourth-order valence-corrected chi connectivity index (χ4v) is 4.66. The highest BCUT2D eigenvalue weighted by atomic mass is 32.2. The van der Waals surface area contributed by atoms with Gasteiger partial charge >= 0.3 is 0 Å². The minimum atomic E-state index is -3.18. The highest BCUT2D eigenvalue weighted by Crippen LogP contribution is 2.31. The lowest BCUT2D eigenvalue weighted by atomic mass is 10.1. The number of anilines is 1. The van der Waals surface area contributed by atoms with E-state index in [9.17, 15) is 8.42 Å². The number of fused-ring (bicyclic) bond motifs is 1. The maximum Gasteiger partial charge on any atom is 0.183 e. The molecule has 0 atom stereocenters. The van der Waals surface area contributed by atoms with E-state index in [4.69, 9.17) is 10.1 Å². The Morgan fingerprint density at radius 2 is 1.62 bits per heavy atom. The molecule has 0 spiro atoms. The standard InChI is InChI=1S/C26H23N5O2S/c1-34(32,33)18-20-14-22(17-27-15-20)25-29-26(28-16-19-8-4-2-5-9-19)24-23(12-13-31(24)30-25)21-10-6-3-7-11-21/h2-15,17H,16,18H2,1H3,(H,28,29,30). The number of nitrogens with zero attached hydrogens (tertiary/aromatic N) is 4. The third-order valence-electron chi connectivity index (χ3n) is 5.38. The van der Waals surface area contributed by atoms with Crippen LogP contribution in [0.15, 0.2) is 91.4 Å². The molecule has 3 heterocycles. The first kappa shape index (κ1) is 21.8. The number of benzene rings is 2. The van der Waals surface area contributed by atoms with E-state index in [0.717, 1.165) is 22.2 Å². The molecule has 5 rings (SSSR count). The fourth-order valence-electron chi connectivity index (χ4n) is 3.89. The molecule has 0 fully saturated rings. The molecular weight excluding hydrogens is 446 g/mol. The van der Waals surface area contributed by atoms with Gasteiger partial charge in [0.05, 0.1) is 5.75 Å². The van der Waals surface area contributed by atoms with Crippen LogP contribution < -0.4 is 5.32 Å². The summed E-state index contributed by atoms with van der Waals surface area (Å²) >= 11 is 0. The molecule has 3 aromatic heterocycles. The smallest absolute Gasteiger partial charge is 0.183 e. The van der Waals surface area contributed by atoms with Gasteiger partial charge in [-0.05, 0) is 28.8 Å². The molecule has 7 nitrogen and oxygen atoms in total. The van der Waals surface area contributed by atoms with E-state index < -0.39 is 9.84 Å². The van der Waals surface area contributed by atoms with Crippen LogP contribution in [0.25, 0.3) is 28.0 Å². The summed E-state index contributed by atoms with van der Waals surface area (Å²) in [6, 6.07) is 24.0. The number of nitrogens with one attached hydrogen (secondary N) is 1. The van der Waals surface area contributed by atoms with E-state index in [-0.39, 0.29) is 5.75 Å². The van der Waals surface area contributed by atoms with E-state index in [0.29, 0.717) is 29.3 Å². The molecule has 0 saturated carbocycles. The van der Waals surface area contributed by atoms with Crippen molar-refractivity contribution in [2.24, 2.45) is 0 Å². The predicted octanol–water partition coefficient (Wildman–Crippen LogP) is 4.62. The summed E-state index contributed by atoms with van der Waals surface area (Å²) in [6.45, 7) is 0.596. The van der Waals surface area contributed by atoms with Crippen LogP contribution in [0.2, 0.25) is 0 Å². The summed E-state index contributed by atoms with van der Waals surface area (Å²) in [7, 11) is -3.18. The van der Waals surface area contributed by atoms with Gasteiger partial charge in [0.2, 0.25) is 0 Å². The summed E-state index contributed by atoms with van der Waals surface area (Å²) in [6.07, 6.45) is 6.32. The maximum absolute atomic E-state index is 11.8. The lowest BCUT2D eigenvalue weighted by Gasteiger charge is -2.12. The molecule has 170 valence electrons. The molecule has 0 bridgehead atoms. The van der Waals surface area contributed by atoms with Crippen molar-refractivity contribution in [3.8, 4) is 22.5 Å².